The largest absolute Gasteiger partial charge is 0.344 e. The molecule has 0 amide bonds. The SMILES string of the molecule is O=[N+]([O-])c1cc([N+](=O)[O-])c(Nc2ccc3c(c2)CSCCSCCCSCCSC3)c([N+](=O)[O-])c1. The number of benzene rings is 2. The summed E-state index contributed by atoms with van der Waals surface area (Å²) in [6.45, 7) is 0. The Morgan fingerprint density at radius 2 is 1.20 bits per heavy atom. The van der Waals surface area contributed by atoms with Gasteiger partial charge in [-0.05, 0) is 41.2 Å². The van der Waals surface area contributed by atoms with Crippen LogP contribution in [0.2, 0.25) is 0 Å². The van der Waals surface area contributed by atoms with Gasteiger partial charge in [0.2, 0.25) is 0 Å². The second-order valence-electron chi connectivity index (χ2n) is 7.42. The minimum atomic E-state index is -0.886. The number of non-ortho nitro benzene ring substituents is 1. The Morgan fingerprint density at radius 1 is 0.657 bits per heavy atom. The quantitative estimate of drug-likeness (QED) is 0.319. The molecule has 188 valence electrons. The Kier molecular flexibility index (Phi) is 10.8. The molecule has 3 rings (SSSR count). The number of nitro groups is 3. The summed E-state index contributed by atoms with van der Waals surface area (Å²) in [4.78, 5) is 31.7. The van der Waals surface area contributed by atoms with Gasteiger partial charge in [-0.1, -0.05) is 6.07 Å². The smallest absolute Gasteiger partial charge is 0.306 e. The number of thioether (sulfide) groups is 4. The number of fused-ring (bicyclic) bond motifs is 1. The summed E-state index contributed by atoms with van der Waals surface area (Å²) >= 11 is 7.60. The van der Waals surface area contributed by atoms with Crippen LogP contribution in [0, 0.1) is 30.3 Å². The van der Waals surface area contributed by atoms with Gasteiger partial charge in [0.05, 0.1) is 26.9 Å². The van der Waals surface area contributed by atoms with E-state index in [-0.39, 0.29) is 5.69 Å². The standard InChI is InChI=1S/C21H24N4O6S4/c26-23(27)18-11-19(24(28)29)21(20(12-18)25(30)31)22-17-3-2-15-13-34-8-6-32-4-1-5-33-7-9-35-14-16(15)10-17/h2-3,10-12,22H,1,4-9,13-14H2. The van der Waals surface area contributed by atoms with E-state index in [0.717, 1.165) is 63.5 Å². The van der Waals surface area contributed by atoms with E-state index >= 15 is 0 Å². The molecular weight excluding hydrogens is 533 g/mol. The lowest BCUT2D eigenvalue weighted by Gasteiger charge is -2.14. The van der Waals surface area contributed by atoms with Crippen molar-refractivity contribution < 1.29 is 14.8 Å². The van der Waals surface area contributed by atoms with E-state index in [1.807, 2.05) is 59.2 Å². The van der Waals surface area contributed by atoms with E-state index in [0.29, 0.717) is 5.69 Å². The lowest BCUT2D eigenvalue weighted by atomic mass is 10.1. The van der Waals surface area contributed by atoms with Gasteiger partial charge in [0.1, 0.15) is 0 Å². The molecule has 1 heterocycles. The zero-order chi connectivity index (χ0) is 25.2. The fourth-order valence-corrected chi connectivity index (χ4v) is 7.76. The van der Waals surface area contributed by atoms with Crippen LogP contribution in [-0.2, 0) is 11.5 Å². The van der Waals surface area contributed by atoms with Crippen LogP contribution >= 0.6 is 47.0 Å². The number of nitrogens with one attached hydrogen (secondary N) is 1. The molecule has 0 radical (unpaired) electrons. The van der Waals surface area contributed by atoms with E-state index in [9.17, 15) is 30.3 Å². The third kappa shape index (κ3) is 8.19. The van der Waals surface area contributed by atoms with Crippen molar-refractivity contribution in [2.24, 2.45) is 0 Å². The molecule has 0 saturated carbocycles. The maximum absolute atomic E-state index is 11.6. The van der Waals surface area contributed by atoms with Crippen molar-refractivity contribution in [2.75, 3.05) is 39.8 Å². The van der Waals surface area contributed by atoms with Crippen molar-refractivity contribution in [2.45, 2.75) is 17.9 Å². The van der Waals surface area contributed by atoms with Crippen molar-refractivity contribution >= 4 is 75.5 Å². The third-order valence-corrected chi connectivity index (χ3v) is 9.67. The van der Waals surface area contributed by atoms with Crippen molar-refractivity contribution in [3.63, 3.8) is 0 Å². The van der Waals surface area contributed by atoms with Gasteiger partial charge in [-0.2, -0.15) is 47.0 Å². The maximum atomic E-state index is 11.6. The van der Waals surface area contributed by atoms with Crippen LogP contribution in [-0.4, -0.2) is 49.3 Å². The minimum Gasteiger partial charge on any atom is -0.344 e. The molecule has 0 atom stereocenters. The Labute approximate surface area is 219 Å². The first-order chi connectivity index (χ1) is 16.9. The first-order valence-electron chi connectivity index (χ1n) is 10.7. The van der Waals surface area contributed by atoms with Crippen LogP contribution < -0.4 is 5.32 Å². The molecule has 0 spiro atoms. The summed E-state index contributed by atoms with van der Waals surface area (Å²) < 4.78 is 0. The van der Waals surface area contributed by atoms with E-state index in [2.05, 4.69) is 5.32 Å². The predicted octanol–water partition coefficient (Wildman–Crippen LogP) is 6.49. The summed E-state index contributed by atoms with van der Waals surface area (Å²) in [6, 6.07) is 7.00. The van der Waals surface area contributed by atoms with Crippen molar-refractivity contribution in [3.8, 4) is 0 Å². The Bertz CT molecular complexity index is 1050. The van der Waals surface area contributed by atoms with Crippen LogP contribution in [0.3, 0.4) is 0 Å². The topological polar surface area (TPSA) is 141 Å². The van der Waals surface area contributed by atoms with E-state index in [4.69, 9.17) is 0 Å². The Morgan fingerprint density at radius 3 is 1.74 bits per heavy atom. The van der Waals surface area contributed by atoms with Crippen LogP contribution in [0.25, 0.3) is 0 Å². The molecule has 35 heavy (non-hydrogen) atoms. The average molecular weight is 557 g/mol. The lowest BCUT2D eigenvalue weighted by molar-refractivity contribution is -0.401. The van der Waals surface area contributed by atoms with Crippen molar-refractivity contribution in [1.82, 2.24) is 0 Å². The predicted molar refractivity (Wildman–Crippen MR) is 148 cm³/mol. The number of nitro benzene ring substituents is 3. The Balaban J connectivity index is 1.90. The molecular formula is C21H24N4O6S4. The molecule has 0 unspecified atom stereocenters. The lowest BCUT2D eigenvalue weighted by Crippen LogP contribution is -2.04. The second kappa shape index (κ2) is 13.8. The van der Waals surface area contributed by atoms with Crippen LogP contribution in [0.1, 0.15) is 17.5 Å². The number of rotatable bonds is 5. The summed E-state index contributed by atoms with van der Waals surface area (Å²) in [5.74, 6) is 8.16. The van der Waals surface area contributed by atoms with Gasteiger partial charge < -0.3 is 5.32 Å². The monoisotopic (exact) mass is 556 g/mol. The number of nitrogens with zero attached hydrogens (tertiary/aromatic N) is 3. The number of hydrogen-bond acceptors (Lipinski definition) is 11. The molecule has 0 aromatic heterocycles. The molecule has 1 aliphatic heterocycles. The van der Waals surface area contributed by atoms with E-state index < -0.39 is 31.8 Å². The van der Waals surface area contributed by atoms with Crippen LogP contribution in [0.15, 0.2) is 30.3 Å². The zero-order valence-electron chi connectivity index (χ0n) is 18.7. The molecule has 0 aliphatic carbocycles. The highest BCUT2D eigenvalue weighted by molar-refractivity contribution is 8.03. The van der Waals surface area contributed by atoms with Crippen LogP contribution in [0.4, 0.5) is 28.4 Å². The summed E-state index contributed by atoms with van der Waals surface area (Å²) in [6.07, 6.45) is 1.22. The van der Waals surface area contributed by atoms with Gasteiger partial charge in [-0.15, -0.1) is 0 Å². The second-order valence-corrected chi connectivity index (χ2v) is 12.1. The fraction of sp³-hybridized carbons (Fsp3) is 0.429. The first kappa shape index (κ1) is 27.4. The Hall–Kier alpha value is -2.16. The highest BCUT2D eigenvalue weighted by Gasteiger charge is 2.30. The molecule has 14 heteroatoms. The molecule has 0 bridgehead atoms. The van der Waals surface area contributed by atoms with Crippen molar-refractivity contribution in [1.29, 1.82) is 0 Å². The third-order valence-electron chi connectivity index (χ3n) is 5.00. The molecule has 0 fully saturated rings. The van der Waals surface area contributed by atoms with E-state index in [1.165, 1.54) is 12.2 Å². The van der Waals surface area contributed by atoms with Gasteiger partial charge in [-0.25, -0.2) is 0 Å². The van der Waals surface area contributed by atoms with E-state index in [1.54, 1.807) is 6.07 Å². The summed E-state index contributed by atoms with van der Waals surface area (Å²) in [5.41, 5.74) is 0.150. The highest BCUT2D eigenvalue weighted by Crippen LogP contribution is 2.40. The zero-order valence-corrected chi connectivity index (χ0v) is 21.9. The molecule has 2 aromatic rings. The molecule has 0 saturated heterocycles. The van der Waals surface area contributed by atoms with Gasteiger partial charge in [0, 0.05) is 40.2 Å². The van der Waals surface area contributed by atoms with Gasteiger partial charge >= 0.3 is 11.4 Å². The highest BCUT2D eigenvalue weighted by atomic mass is 32.2. The van der Waals surface area contributed by atoms with Gasteiger partial charge in [0.15, 0.2) is 5.69 Å². The van der Waals surface area contributed by atoms with Crippen LogP contribution in [0.5, 0.6) is 0 Å². The number of anilines is 2. The minimum absolute atomic E-state index is 0.377. The average Bonchev–Trinajstić information content (AvgIpc) is 2.83. The molecule has 10 nitrogen and oxygen atoms in total. The van der Waals surface area contributed by atoms with Gasteiger partial charge in [-0.3, -0.25) is 30.3 Å². The summed E-state index contributed by atoms with van der Waals surface area (Å²) in [7, 11) is 0. The van der Waals surface area contributed by atoms with Crippen molar-refractivity contribution in [3.05, 3.63) is 71.8 Å². The van der Waals surface area contributed by atoms with Gasteiger partial charge in [0.25, 0.3) is 5.69 Å². The summed E-state index contributed by atoms with van der Waals surface area (Å²) in [5, 5.41) is 37.1. The molecule has 1 N–H and O–H groups in total. The maximum Gasteiger partial charge on any atom is 0.306 e. The fourth-order valence-electron chi connectivity index (χ4n) is 3.31. The normalized spacial score (nSPS) is 15.8. The first-order valence-corrected chi connectivity index (χ1v) is 15.3. The number of hydrogen-bond donors (Lipinski definition) is 1. The molecule has 2 aromatic carbocycles. The molecule has 1 aliphatic rings.